The highest BCUT2D eigenvalue weighted by molar-refractivity contribution is 5.52. The quantitative estimate of drug-likeness (QED) is 0.773. The van der Waals surface area contributed by atoms with Crippen LogP contribution in [0.25, 0.3) is 0 Å². The molecule has 0 atom stereocenters. The van der Waals surface area contributed by atoms with Crippen LogP contribution in [0.3, 0.4) is 0 Å². The van der Waals surface area contributed by atoms with E-state index in [4.69, 9.17) is 15.6 Å². The number of pyridine rings is 1. The SMILES string of the molecule is COc1c(CO)cc(C(F)F)nc1N. The zero-order valence-electron chi connectivity index (χ0n) is 7.50. The van der Waals surface area contributed by atoms with Gasteiger partial charge in [0.15, 0.2) is 11.6 Å². The van der Waals surface area contributed by atoms with E-state index < -0.39 is 18.7 Å². The van der Waals surface area contributed by atoms with Crippen molar-refractivity contribution in [2.24, 2.45) is 0 Å². The number of ether oxygens (including phenoxy) is 1. The highest BCUT2D eigenvalue weighted by Crippen LogP contribution is 2.28. The summed E-state index contributed by atoms with van der Waals surface area (Å²) in [7, 11) is 1.33. The second-order valence-corrected chi connectivity index (χ2v) is 2.58. The Morgan fingerprint density at radius 1 is 1.64 bits per heavy atom. The minimum absolute atomic E-state index is 0.136. The average Bonchev–Trinajstić information content (AvgIpc) is 2.16. The fraction of sp³-hybridized carbons (Fsp3) is 0.375. The van der Waals surface area contributed by atoms with E-state index in [2.05, 4.69) is 4.98 Å². The van der Waals surface area contributed by atoms with Gasteiger partial charge in [-0.1, -0.05) is 0 Å². The summed E-state index contributed by atoms with van der Waals surface area (Å²) in [5, 5.41) is 8.87. The lowest BCUT2D eigenvalue weighted by Gasteiger charge is -2.10. The molecule has 0 aliphatic heterocycles. The summed E-state index contributed by atoms with van der Waals surface area (Å²) < 4.78 is 29.3. The number of nitrogens with two attached hydrogens (primary N) is 1. The Morgan fingerprint density at radius 2 is 2.29 bits per heavy atom. The summed E-state index contributed by atoms with van der Waals surface area (Å²) in [6.45, 7) is -0.421. The van der Waals surface area contributed by atoms with Gasteiger partial charge in [-0.25, -0.2) is 13.8 Å². The molecule has 1 aromatic heterocycles. The van der Waals surface area contributed by atoms with Crippen molar-refractivity contribution in [3.05, 3.63) is 17.3 Å². The van der Waals surface area contributed by atoms with Crippen LogP contribution in [0, 0.1) is 0 Å². The number of alkyl halides is 2. The number of anilines is 1. The molecule has 0 aromatic carbocycles. The largest absolute Gasteiger partial charge is 0.493 e. The minimum Gasteiger partial charge on any atom is -0.493 e. The Kier molecular flexibility index (Phi) is 3.19. The van der Waals surface area contributed by atoms with Crippen molar-refractivity contribution in [2.45, 2.75) is 13.0 Å². The Bertz CT molecular complexity index is 331. The summed E-state index contributed by atoms with van der Waals surface area (Å²) in [6.07, 6.45) is -2.71. The van der Waals surface area contributed by atoms with E-state index in [0.717, 1.165) is 6.07 Å². The topological polar surface area (TPSA) is 68.4 Å². The molecule has 0 radical (unpaired) electrons. The van der Waals surface area contributed by atoms with Gasteiger partial charge in [0.2, 0.25) is 0 Å². The number of rotatable bonds is 3. The van der Waals surface area contributed by atoms with Crippen molar-refractivity contribution in [2.75, 3.05) is 12.8 Å². The number of aliphatic hydroxyl groups excluding tert-OH is 1. The summed E-state index contributed by atoms with van der Waals surface area (Å²) in [4.78, 5) is 3.44. The molecule has 0 aliphatic rings. The highest BCUT2D eigenvalue weighted by atomic mass is 19.3. The molecule has 1 rings (SSSR count). The number of nitrogens with zero attached hydrogens (tertiary/aromatic N) is 1. The molecule has 1 aromatic rings. The van der Waals surface area contributed by atoms with E-state index in [1.54, 1.807) is 0 Å². The van der Waals surface area contributed by atoms with Gasteiger partial charge in [0.05, 0.1) is 13.7 Å². The van der Waals surface area contributed by atoms with Crippen LogP contribution in [0.4, 0.5) is 14.6 Å². The number of halogens is 2. The van der Waals surface area contributed by atoms with Gasteiger partial charge in [-0.15, -0.1) is 0 Å². The maximum atomic E-state index is 12.3. The van der Waals surface area contributed by atoms with Crippen molar-refractivity contribution in [3.8, 4) is 5.75 Å². The zero-order chi connectivity index (χ0) is 10.7. The average molecular weight is 204 g/mol. The van der Waals surface area contributed by atoms with Gasteiger partial charge in [0, 0.05) is 5.56 Å². The van der Waals surface area contributed by atoms with Gasteiger partial charge in [-0.05, 0) is 6.07 Å². The van der Waals surface area contributed by atoms with Crippen LogP contribution in [-0.2, 0) is 6.61 Å². The Hall–Kier alpha value is -1.43. The molecule has 4 nitrogen and oxygen atoms in total. The Morgan fingerprint density at radius 3 is 2.71 bits per heavy atom. The molecule has 0 bridgehead atoms. The van der Waals surface area contributed by atoms with Crippen LogP contribution in [0.5, 0.6) is 5.75 Å². The molecule has 0 unspecified atom stereocenters. The van der Waals surface area contributed by atoms with Crippen LogP contribution in [0.2, 0.25) is 0 Å². The van der Waals surface area contributed by atoms with Gasteiger partial charge >= 0.3 is 0 Å². The molecule has 6 heteroatoms. The lowest BCUT2D eigenvalue weighted by atomic mass is 10.2. The predicted molar refractivity (Wildman–Crippen MR) is 46.1 cm³/mol. The number of aliphatic hydroxyl groups is 1. The lowest BCUT2D eigenvalue weighted by molar-refractivity contribution is 0.145. The van der Waals surface area contributed by atoms with Gasteiger partial charge in [-0.2, -0.15) is 0 Å². The Balaban J connectivity index is 3.24. The summed E-state index contributed by atoms with van der Waals surface area (Å²) in [5.41, 5.74) is 5.10. The molecule has 3 N–H and O–H groups in total. The van der Waals surface area contributed by atoms with Crippen LogP contribution in [0.15, 0.2) is 6.07 Å². The molecule has 0 saturated carbocycles. The van der Waals surface area contributed by atoms with E-state index in [1.165, 1.54) is 7.11 Å². The first kappa shape index (κ1) is 10.6. The summed E-state index contributed by atoms with van der Waals surface area (Å²) in [5.74, 6) is -0.00810. The van der Waals surface area contributed by atoms with Crippen molar-refractivity contribution < 1.29 is 18.6 Å². The Labute approximate surface area is 79.3 Å². The number of aromatic nitrogens is 1. The predicted octanol–water partition coefficient (Wildman–Crippen LogP) is 1.10. The van der Waals surface area contributed by atoms with E-state index in [-0.39, 0.29) is 17.1 Å². The number of hydrogen-bond acceptors (Lipinski definition) is 4. The van der Waals surface area contributed by atoms with Crippen molar-refractivity contribution in [3.63, 3.8) is 0 Å². The molecule has 78 valence electrons. The number of hydrogen-bond donors (Lipinski definition) is 2. The van der Waals surface area contributed by atoms with E-state index in [0.29, 0.717) is 0 Å². The maximum Gasteiger partial charge on any atom is 0.280 e. The molecule has 0 spiro atoms. The minimum atomic E-state index is -2.71. The van der Waals surface area contributed by atoms with E-state index in [9.17, 15) is 8.78 Å². The summed E-state index contributed by atoms with van der Waals surface area (Å²) >= 11 is 0. The van der Waals surface area contributed by atoms with Crippen LogP contribution in [0.1, 0.15) is 17.7 Å². The fourth-order valence-electron chi connectivity index (χ4n) is 1.10. The number of methoxy groups -OCH3 is 1. The smallest absolute Gasteiger partial charge is 0.280 e. The second kappa shape index (κ2) is 4.19. The van der Waals surface area contributed by atoms with Gasteiger partial charge < -0.3 is 15.6 Å². The molecule has 1 heterocycles. The second-order valence-electron chi connectivity index (χ2n) is 2.58. The lowest BCUT2D eigenvalue weighted by Crippen LogP contribution is -2.04. The number of nitrogen functional groups attached to an aromatic ring is 1. The molecule has 0 fully saturated rings. The van der Waals surface area contributed by atoms with E-state index >= 15 is 0 Å². The molecular weight excluding hydrogens is 194 g/mol. The first-order valence-corrected chi connectivity index (χ1v) is 3.82. The highest BCUT2D eigenvalue weighted by Gasteiger charge is 2.15. The monoisotopic (exact) mass is 204 g/mol. The molecular formula is C8H10F2N2O2. The normalized spacial score (nSPS) is 10.6. The van der Waals surface area contributed by atoms with Gasteiger partial charge in [0.1, 0.15) is 5.69 Å². The first-order chi connectivity index (χ1) is 6.60. The molecule has 0 aliphatic carbocycles. The summed E-state index contributed by atoms with van der Waals surface area (Å²) in [6, 6.07) is 1.07. The molecule has 0 saturated heterocycles. The van der Waals surface area contributed by atoms with Gasteiger partial charge in [0.25, 0.3) is 6.43 Å². The van der Waals surface area contributed by atoms with Crippen molar-refractivity contribution in [1.82, 2.24) is 4.98 Å². The fourth-order valence-corrected chi connectivity index (χ4v) is 1.10. The first-order valence-electron chi connectivity index (χ1n) is 3.82. The van der Waals surface area contributed by atoms with E-state index in [1.807, 2.05) is 0 Å². The zero-order valence-corrected chi connectivity index (χ0v) is 7.50. The standard InChI is InChI=1S/C8H10F2N2O2/c1-14-6-4(3-13)2-5(7(9)10)12-8(6)11/h2,7,13H,3H2,1H3,(H2,11,12). The van der Waals surface area contributed by atoms with Crippen LogP contribution < -0.4 is 10.5 Å². The maximum absolute atomic E-state index is 12.3. The molecule has 14 heavy (non-hydrogen) atoms. The van der Waals surface area contributed by atoms with Crippen LogP contribution >= 0.6 is 0 Å². The van der Waals surface area contributed by atoms with Crippen molar-refractivity contribution >= 4 is 5.82 Å². The third-order valence-electron chi connectivity index (χ3n) is 1.69. The third-order valence-corrected chi connectivity index (χ3v) is 1.69. The third kappa shape index (κ3) is 1.90. The molecule has 0 amide bonds. The van der Waals surface area contributed by atoms with Crippen molar-refractivity contribution in [1.29, 1.82) is 0 Å². The van der Waals surface area contributed by atoms with Gasteiger partial charge in [-0.3, -0.25) is 0 Å². The van der Waals surface area contributed by atoms with Crippen LogP contribution in [-0.4, -0.2) is 17.2 Å².